The maximum Gasteiger partial charge on any atom is 0.295 e. The van der Waals surface area contributed by atoms with E-state index in [-0.39, 0.29) is 62.9 Å². The summed E-state index contributed by atoms with van der Waals surface area (Å²) in [5.41, 5.74) is 1.01. The van der Waals surface area contributed by atoms with Crippen LogP contribution in [-0.2, 0) is 21.4 Å². The van der Waals surface area contributed by atoms with Crippen LogP contribution in [0.25, 0.3) is 5.69 Å². The summed E-state index contributed by atoms with van der Waals surface area (Å²) in [7, 11) is 1.73. The molecule has 1 aromatic heterocycles. The Bertz CT molecular complexity index is 1160. The third-order valence-corrected chi connectivity index (χ3v) is 10.4. The summed E-state index contributed by atoms with van der Waals surface area (Å²) in [4.78, 5) is 53.2. The van der Waals surface area contributed by atoms with Gasteiger partial charge in [-0.3, -0.25) is 28.8 Å². The van der Waals surface area contributed by atoms with Gasteiger partial charge in [0.1, 0.15) is 12.2 Å². The molecule has 0 spiro atoms. The van der Waals surface area contributed by atoms with Crippen molar-refractivity contribution in [1.29, 1.82) is 0 Å². The van der Waals surface area contributed by atoms with E-state index in [0.717, 1.165) is 11.3 Å². The zero-order valence-electron chi connectivity index (χ0n) is 17.5. The van der Waals surface area contributed by atoms with Crippen molar-refractivity contribution >= 4 is 55.3 Å². The SMILES string of the molecule is Cc1c(NC(=O)CN2C(=O)[C@@H]3[C@H]4C[C@@H]([C@H](Br)[C@H]4Br)[C@@H]3C2=O)c(=O)n(-c2ccccc2)n1C. The molecular formula is C22H22Br2N4O4. The number of carbonyl (C=O) groups is 3. The van der Waals surface area contributed by atoms with Gasteiger partial charge in [0, 0.05) is 16.7 Å². The summed E-state index contributed by atoms with van der Waals surface area (Å²) < 4.78 is 3.12. The summed E-state index contributed by atoms with van der Waals surface area (Å²) in [5, 5.41) is 2.64. The molecule has 8 nitrogen and oxygen atoms in total. The molecule has 1 N–H and O–H groups in total. The number of benzene rings is 1. The van der Waals surface area contributed by atoms with Gasteiger partial charge in [-0.2, -0.15) is 0 Å². The van der Waals surface area contributed by atoms with E-state index in [1.54, 1.807) is 30.8 Å². The number of hydrogen-bond acceptors (Lipinski definition) is 4. The first-order valence-electron chi connectivity index (χ1n) is 10.5. The fourth-order valence-corrected chi connectivity index (χ4v) is 7.47. The van der Waals surface area contributed by atoms with E-state index in [1.165, 1.54) is 4.68 Å². The molecule has 32 heavy (non-hydrogen) atoms. The molecule has 0 unspecified atom stereocenters. The van der Waals surface area contributed by atoms with Gasteiger partial charge in [-0.1, -0.05) is 50.1 Å². The molecule has 2 bridgehead atoms. The third kappa shape index (κ3) is 2.98. The van der Waals surface area contributed by atoms with Crippen LogP contribution in [0.5, 0.6) is 0 Å². The molecule has 2 aromatic rings. The molecule has 2 saturated carbocycles. The number of para-hydroxylation sites is 1. The largest absolute Gasteiger partial charge is 0.318 e. The van der Waals surface area contributed by atoms with Crippen LogP contribution in [0.2, 0.25) is 0 Å². The van der Waals surface area contributed by atoms with Gasteiger partial charge in [0.05, 0.1) is 23.2 Å². The van der Waals surface area contributed by atoms with Crippen molar-refractivity contribution < 1.29 is 14.4 Å². The van der Waals surface area contributed by atoms with Crippen molar-refractivity contribution in [2.24, 2.45) is 30.7 Å². The highest BCUT2D eigenvalue weighted by atomic mass is 79.9. The predicted molar refractivity (Wildman–Crippen MR) is 125 cm³/mol. The van der Waals surface area contributed by atoms with E-state index < -0.39 is 5.91 Å². The van der Waals surface area contributed by atoms with E-state index >= 15 is 0 Å². The molecule has 5 rings (SSSR count). The monoisotopic (exact) mass is 564 g/mol. The maximum atomic E-state index is 13.0. The number of hydrogen-bond donors (Lipinski definition) is 1. The van der Waals surface area contributed by atoms with Crippen molar-refractivity contribution in [3.8, 4) is 5.69 Å². The maximum absolute atomic E-state index is 13.0. The number of carbonyl (C=O) groups excluding carboxylic acids is 3. The molecular weight excluding hydrogens is 544 g/mol. The van der Waals surface area contributed by atoms with Crippen LogP contribution in [0, 0.1) is 30.6 Å². The average Bonchev–Trinajstić information content (AvgIpc) is 3.43. The third-order valence-electron chi connectivity index (χ3n) is 7.20. The van der Waals surface area contributed by atoms with Gasteiger partial charge < -0.3 is 5.32 Å². The molecule has 6 atom stereocenters. The fourth-order valence-electron chi connectivity index (χ4n) is 5.60. The Morgan fingerprint density at radius 1 is 1.03 bits per heavy atom. The number of nitrogens with one attached hydrogen (secondary N) is 1. The normalized spacial score (nSPS) is 30.8. The number of fused-ring (bicyclic) bond motifs is 5. The van der Waals surface area contributed by atoms with Gasteiger partial charge in [0.25, 0.3) is 5.56 Å². The summed E-state index contributed by atoms with van der Waals surface area (Å²) >= 11 is 7.31. The number of imide groups is 1. The average molecular weight is 566 g/mol. The van der Waals surface area contributed by atoms with Crippen LogP contribution in [0.4, 0.5) is 5.69 Å². The lowest BCUT2D eigenvalue weighted by Gasteiger charge is -2.28. The lowest BCUT2D eigenvalue weighted by molar-refractivity contribution is -0.143. The summed E-state index contributed by atoms with van der Waals surface area (Å²) in [6, 6.07) is 9.11. The quantitative estimate of drug-likeness (QED) is 0.454. The molecule has 3 amide bonds. The van der Waals surface area contributed by atoms with Crippen molar-refractivity contribution in [3.05, 3.63) is 46.4 Å². The number of rotatable bonds is 4. The molecule has 1 aromatic carbocycles. The fraction of sp³-hybridized carbons (Fsp3) is 0.455. The van der Waals surface area contributed by atoms with E-state index in [0.29, 0.717) is 11.4 Å². The summed E-state index contributed by atoms with van der Waals surface area (Å²) in [6.45, 7) is 1.35. The molecule has 3 aliphatic rings. The van der Waals surface area contributed by atoms with Crippen LogP contribution in [-0.4, -0.2) is 48.2 Å². The zero-order chi connectivity index (χ0) is 22.9. The number of halogens is 2. The van der Waals surface area contributed by atoms with Gasteiger partial charge in [-0.05, 0) is 37.3 Å². The highest BCUT2D eigenvalue weighted by Crippen LogP contribution is 2.60. The number of alkyl halides is 2. The lowest BCUT2D eigenvalue weighted by Crippen LogP contribution is -2.40. The number of nitrogens with zero attached hydrogens (tertiary/aromatic N) is 3. The molecule has 2 aliphatic carbocycles. The Morgan fingerprint density at radius 3 is 2.16 bits per heavy atom. The molecule has 1 saturated heterocycles. The second kappa shape index (κ2) is 7.69. The lowest BCUT2D eigenvalue weighted by atomic mass is 9.81. The van der Waals surface area contributed by atoms with E-state index in [1.807, 2.05) is 18.2 Å². The van der Waals surface area contributed by atoms with E-state index in [4.69, 9.17) is 0 Å². The second-order valence-electron chi connectivity index (χ2n) is 8.75. The Kier molecular flexibility index (Phi) is 5.20. The molecule has 0 radical (unpaired) electrons. The Balaban J connectivity index is 1.36. The first kappa shape index (κ1) is 21.6. The minimum Gasteiger partial charge on any atom is -0.318 e. The number of aromatic nitrogens is 2. The smallest absolute Gasteiger partial charge is 0.295 e. The standard InChI is InChI=1S/C22H22Br2N4O4/c1-10-19(22(32)28(26(10)2)11-6-4-3-5-7-11)25-14(29)9-27-20(30)15-12-8-13(16(15)21(27)31)18(24)17(12)23/h3-7,12-13,15-18H,8-9H2,1-2H3,(H,25,29)/t12-,13-,15-,16+,17+,18+/m1/s1. The van der Waals surface area contributed by atoms with Gasteiger partial charge in [0.15, 0.2) is 0 Å². The second-order valence-corrected chi connectivity index (χ2v) is 10.9. The zero-order valence-corrected chi connectivity index (χ0v) is 20.7. The first-order valence-corrected chi connectivity index (χ1v) is 12.3. The number of likely N-dealkylation sites (tertiary alicyclic amines) is 1. The van der Waals surface area contributed by atoms with Gasteiger partial charge in [0.2, 0.25) is 17.7 Å². The van der Waals surface area contributed by atoms with Gasteiger partial charge >= 0.3 is 0 Å². The van der Waals surface area contributed by atoms with Crippen molar-refractivity contribution in [2.75, 3.05) is 11.9 Å². The van der Waals surface area contributed by atoms with E-state index in [2.05, 4.69) is 37.2 Å². The topological polar surface area (TPSA) is 93.4 Å². The molecule has 2 heterocycles. The summed E-state index contributed by atoms with van der Waals surface area (Å²) in [5.74, 6) is -1.67. The van der Waals surface area contributed by atoms with Crippen molar-refractivity contribution in [1.82, 2.24) is 14.3 Å². The highest BCUT2D eigenvalue weighted by Gasteiger charge is 2.66. The minimum atomic E-state index is -0.559. The van der Waals surface area contributed by atoms with Crippen LogP contribution in [0.15, 0.2) is 35.1 Å². The highest BCUT2D eigenvalue weighted by molar-refractivity contribution is 9.12. The molecule has 168 valence electrons. The van der Waals surface area contributed by atoms with Crippen LogP contribution in [0.3, 0.4) is 0 Å². The molecule has 1 aliphatic heterocycles. The first-order chi connectivity index (χ1) is 15.2. The van der Waals surface area contributed by atoms with Crippen LogP contribution < -0.4 is 10.9 Å². The Labute approximate surface area is 201 Å². The Hall–Kier alpha value is -2.20. The van der Waals surface area contributed by atoms with Gasteiger partial charge in [-0.15, -0.1) is 0 Å². The van der Waals surface area contributed by atoms with Crippen LogP contribution >= 0.6 is 31.9 Å². The molecule has 3 fully saturated rings. The summed E-state index contributed by atoms with van der Waals surface area (Å²) in [6.07, 6.45) is 0.834. The number of anilines is 1. The van der Waals surface area contributed by atoms with Crippen molar-refractivity contribution in [3.63, 3.8) is 0 Å². The van der Waals surface area contributed by atoms with Gasteiger partial charge in [-0.25, -0.2) is 4.68 Å². The Morgan fingerprint density at radius 2 is 1.59 bits per heavy atom. The van der Waals surface area contributed by atoms with Crippen molar-refractivity contribution in [2.45, 2.75) is 23.0 Å². The number of amides is 3. The minimum absolute atomic E-state index is 0.0910. The molecule has 10 heteroatoms. The van der Waals surface area contributed by atoms with Crippen LogP contribution in [0.1, 0.15) is 12.1 Å². The van der Waals surface area contributed by atoms with E-state index in [9.17, 15) is 19.2 Å². The predicted octanol–water partition coefficient (Wildman–Crippen LogP) is 2.20.